The smallest absolute Gasteiger partial charge is 0.325 e. The standard InChI is InChI=1S/C13H19NO3/c1-9-5-4-6-10(2)11(9)12(13(15)16)14-7-8-17-3/h4-6,12,14H,7-8H2,1-3H3,(H,15,16). The molecule has 0 aromatic heterocycles. The molecule has 2 N–H and O–H groups in total. The number of methoxy groups -OCH3 is 1. The second-order valence-electron chi connectivity index (χ2n) is 4.02. The molecule has 0 bridgehead atoms. The van der Waals surface area contributed by atoms with E-state index in [1.54, 1.807) is 7.11 Å². The van der Waals surface area contributed by atoms with Crippen LogP contribution in [0.15, 0.2) is 18.2 Å². The van der Waals surface area contributed by atoms with Gasteiger partial charge in [-0.3, -0.25) is 10.1 Å². The molecule has 4 heteroatoms. The summed E-state index contributed by atoms with van der Waals surface area (Å²) in [6, 6.07) is 5.11. The molecule has 0 aliphatic rings. The van der Waals surface area contributed by atoms with Gasteiger partial charge in [-0.25, -0.2) is 0 Å². The highest BCUT2D eigenvalue weighted by molar-refractivity contribution is 5.76. The van der Waals surface area contributed by atoms with E-state index in [0.717, 1.165) is 16.7 Å². The number of aryl methyl sites for hydroxylation is 2. The van der Waals surface area contributed by atoms with Crippen molar-refractivity contribution in [3.8, 4) is 0 Å². The number of hydrogen-bond acceptors (Lipinski definition) is 3. The van der Waals surface area contributed by atoms with Crippen LogP contribution in [-0.2, 0) is 9.53 Å². The van der Waals surface area contributed by atoms with E-state index < -0.39 is 12.0 Å². The van der Waals surface area contributed by atoms with Gasteiger partial charge in [-0.2, -0.15) is 0 Å². The molecule has 0 aliphatic heterocycles. The molecule has 94 valence electrons. The third-order valence-electron chi connectivity index (χ3n) is 2.73. The van der Waals surface area contributed by atoms with Gasteiger partial charge in [0.2, 0.25) is 0 Å². The first-order valence-corrected chi connectivity index (χ1v) is 5.59. The molecule has 0 heterocycles. The van der Waals surface area contributed by atoms with E-state index in [0.29, 0.717) is 13.2 Å². The first-order valence-electron chi connectivity index (χ1n) is 5.59. The Hall–Kier alpha value is -1.39. The van der Waals surface area contributed by atoms with Crippen LogP contribution in [0.3, 0.4) is 0 Å². The summed E-state index contributed by atoms with van der Waals surface area (Å²) in [5.41, 5.74) is 2.82. The maximum atomic E-state index is 11.3. The summed E-state index contributed by atoms with van der Waals surface area (Å²) >= 11 is 0. The molecular formula is C13H19NO3. The molecular weight excluding hydrogens is 218 g/mol. The van der Waals surface area contributed by atoms with Gasteiger partial charge in [-0.1, -0.05) is 18.2 Å². The quantitative estimate of drug-likeness (QED) is 0.739. The second kappa shape index (κ2) is 6.37. The molecule has 0 aliphatic carbocycles. The normalized spacial score (nSPS) is 12.4. The van der Waals surface area contributed by atoms with Crippen LogP contribution in [0.5, 0.6) is 0 Å². The molecule has 1 aromatic rings. The molecule has 1 atom stereocenters. The molecule has 1 rings (SSSR count). The fourth-order valence-electron chi connectivity index (χ4n) is 1.90. The molecule has 0 saturated heterocycles. The summed E-state index contributed by atoms with van der Waals surface area (Å²) in [5.74, 6) is -0.862. The molecule has 0 radical (unpaired) electrons. The fourth-order valence-corrected chi connectivity index (χ4v) is 1.90. The maximum absolute atomic E-state index is 11.3. The molecule has 4 nitrogen and oxygen atoms in total. The maximum Gasteiger partial charge on any atom is 0.325 e. The lowest BCUT2D eigenvalue weighted by Gasteiger charge is -2.19. The summed E-state index contributed by atoms with van der Waals surface area (Å²) in [4.78, 5) is 11.3. The Balaban J connectivity index is 2.93. The first-order chi connectivity index (χ1) is 8.07. The van der Waals surface area contributed by atoms with Gasteiger partial charge in [0.25, 0.3) is 0 Å². The van der Waals surface area contributed by atoms with Crippen LogP contribution >= 0.6 is 0 Å². The van der Waals surface area contributed by atoms with Crippen LogP contribution in [-0.4, -0.2) is 31.3 Å². The minimum Gasteiger partial charge on any atom is -0.480 e. The second-order valence-corrected chi connectivity index (χ2v) is 4.02. The van der Waals surface area contributed by atoms with Gasteiger partial charge >= 0.3 is 5.97 Å². The third kappa shape index (κ3) is 3.54. The number of nitrogens with one attached hydrogen (secondary N) is 1. The van der Waals surface area contributed by atoms with Crippen molar-refractivity contribution in [2.24, 2.45) is 0 Å². The Kier molecular flexibility index (Phi) is 5.12. The zero-order valence-corrected chi connectivity index (χ0v) is 10.5. The molecule has 1 unspecified atom stereocenters. The number of carbonyl (C=O) groups is 1. The van der Waals surface area contributed by atoms with Crippen LogP contribution in [0.4, 0.5) is 0 Å². The average molecular weight is 237 g/mol. The lowest BCUT2D eigenvalue weighted by atomic mass is 9.96. The van der Waals surface area contributed by atoms with Crippen LogP contribution in [0.25, 0.3) is 0 Å². The minimum atomic E-state index is -0.862. The van der Waals surface area contributed by atoms with Crippen molar-refractivity contribution >= 4 is 5.97 Å². The van der Waals surface area contributed by atoms with Crippen molar-refractivity contribution in [1.29, 1.82) is 0 Å². The zero-order chi connectivity index (χ0) is 12.8. The molecule has 0 saturated carbocycles. The van der Waals surface area contributed by atoms with Gasteiger partial charge in [-0.15, -0.1) is 0 Å². The summed E-state index contributed by atoms with van der Waals surface area (Å²) < 4.78 is 4.91. The molecule has 0 amide bonds. The number of carboxylic acids is 1. The molecule has 0 spiro atoms. The highest BCUT2D eigenvalue weighted by atomic mass is 16.5. The fraction of sp³-hybridized carbons (Fsp3) is 0.462. The van der Waals surface area contributed by atoms with Crippen molar-refractivity contribution in [3.05, 3.63) is 34.9 Å². The molecule has 0 fully saturated rings. The SMILES string of the molecule is COCCNC(C(=O)O)c1c(C)cccc1C. The van der Waals surface area contributed by atoms with Crippen molar-refractivity contribution in [2.75, 3.05) is 20.3 Å². The summed E-state index contributed by atoms with van der Waals surface area (Å²) in [5, 5.41) is 12.3. The predicted octanol–water partition coefficient (Wildman–Crippen LogP) is 1.67. The van der Waals surface area contributed by atoms with Gasteiger partial charge in [0.05, 0.1) is 6.61 Å². The van der Waals surface area contributed by atoms with E-state index in [-0.39, 0.29) is 0 Å². The number of aliphatic carboxylic acids is 1. The van der Waals surface area contributed by atoms with Gasteiger partial charge in [0.1, 0.15) is 6.04 Å². The summed E-state index contributed by atoms with van der Waals surface area (Å²) in [6.45, 7) is 4.86. The number of hydrogen-bond donors (Lipinski definition) is 2. The Morgan fingerprint density at radius 3 is 2.47 bits per heavy atom. The highest BCUT2D eigenvalue weighted by Crippen LogP contribution is 2.21. The molecule has 17 heavy (non-hydrogen) atoms. The first kappa shape index (κ1) is 13.7. The van der Waals surface area contributed by atoms with Crippen molar-refractivity contribution < 1.29 is 14.6 Å². The van der Waals surface area contributed by atoms with E-state index in [9.17, 15) is 9.90 Å². The average Bonchev–Trinajstić information content (AvgIpc) is 2.26. The number of benzene rings is 1. The van der Waals surface area contributed by atoms with Gasteiger partial charge in [-0.05, 0) is 30.5 Å². The molecule has 1 aromatic carbocycles. The van der Waals surface area contributed by atoms with Gasteiger partial charge < -0.3 is 9.84 Å². The van der Waals surface area contributed by atoms with E-state index in [1.807, 2.05) is 32.0 Å². The van der Waals surface area contributed by atoms with Gasteiger partial charge in [0.15, 0.2) is 0 Å². The number of rotatable bonds is 6. The third-order valence-corrected chi connectivity index (χ3v) is 2.73. The number of ether oxygens (including phenoxy) is 1. The summed E-state index contributed by atoms with van der Waals surface area (Å²) in [6.07, 6.45) is 0. The Bertz CT molecular complexity index is 370. The van der Waals surface area contributed by atoms with Crippen LogP contribution in [0, 0.1) is 13.8 Å². The van der Waals surface area contributed by atoms with Crippen molar-refractivity contribution in [2.45, 2.75) is 19.9 Å². The van der Waals surface area contributed by atoms with E-state index in [4.69, 9.17) is 4.74 Å². The summed E-state index contributed by atoms with van der Waals surface area (Å²) in [7, 11) is 1.59. The Morgan fingerprint density at radius 1 is 1.41 bits per heavy atom. The van der Waals surface area contributed by atoms with Crippen LogP contribution in [0.2, 0.25) is 0 Å². The Morgan fingerprint density at radius 2 is 2.00 bits per heavy atom. The van der Waals surface area contributed by atoms with Crippen LogP contribution < -0.4 is 5.32 Å². The van der Waals surface area contributed by atoms with Crippen molar-refractivity contribution in [1.82, 2.24) is 5.32 Å². The van der Waals surface area contributed by atoms with E-state index in [1.165, 1.54) is 0 Å². The highest BCUT2D eigenvalue weighted by Gasteiger charge is 2.22. The Labute approximate surface area is 102 Å². The zero-order valence-electron chi connectivity index (χ0n) is 10.5. The predicted molar refractivity (Wildman–Crippen MR) is 66.2 cm³/mol. The lowest BCUT2D eigenvalue weighted by molar-refractivity contribution is -0.139. The minimum absolute atomic E-state index is 0.495. The van der Waals surface area contributed by atoms with E-state index in [2.05, 4.69) is 5.32 Å². The van der Waals surface area contributed by atoms with Crippen molar-refractivity contribution in [3.63, 3.8) is 0 Å². The lowest BCUT2D eigenvalue weighted by Crippen LogP contribution is -2.32. The van der Waals surface area contributed by atoms with Crippen LogP contribution in [0.1, 0.15) is 22.7 Å². The largest absolute Gasteiger partial charge is 0.480 e. The monoisotopic (exact) mass is 237 g/mol. The topological polar surface area (TPSA) is 58.6 Å². The number of carboxylic acid groups (broad SMARTS) is 1. The van der Waals surface area contributed by atoms with E-state index >= 15 is 0 Å². The van der Waals surface area contributed by atoms with Gasteiger partial charge in [0, 0.05) is 13.7 Å².